The number of thiocarbonyl (C=S) groups is 1. The van der Waals surface area contributed by atoms with Crippen LogP contribution in [-0.4, -0.2) is 48.4 Å². The van der Waals surface area contributed by atoms with Crippen molar-refractivity contribution in [3.05, 3.63) is 33.7 Å². The number of carboxylic acids is 2. The molecule has 1 fully saturated rings. The zero-order valence-electron chi connectivity index (χ0n) is 12.5. The third kappa shape index (κ3) is 4.50. The molecule has 0 aliphatic carbocycles. The van der Waals surface area contributed by atoms with E-state index >= 15 is 0 Å². The molecular weight excluding hydrogens is 390 g/mol. The monoisotopic (exact) mass is 401 g/mol. The molecule has 10 heteroatoms. The lowest BCUT2D eigenvalue weighted by molar-refractivity contribution is -0.146. The van der Waals surface area contributed by atoms with Gasteiger partial charge < -0.3 is 15.3 Å². The highest BCUT2D eigenvalue weighted by atomic mass is 35.5. The summed E-state index contributed by atoms with van der Waals surface area (Å²) in [7, 11) is 0. The Morgan fingerprint density at radius 1 is 1.36 bits per heavy atom. The van der Waals surface area contributed by atoms with Crippen molar-refractivity contribution < 1.29 is 29.7 Å². The van der Waals surface area contributed by atoms with Gasteiger partial charge in [0.15, 0.2) is 0 Å². The first-order chi connectivity index (χ1) is 11.7. The van der Waals surface area contributed by atoms with Crippen LogP contribution in [0.4, 0.5) is 0 Å². The molecule has 1 amide bonds. The number of halogens is 1. The van der Waals surface area contributed by atoms with E-state index in [0.29, 0.717) is 5.02 Å². The number of hydrogen-bond acceptors (Lipinski definition) is 6. The molecule has 0 aromatic heterocycles. The van der Waals surface area contributed by atoms with Gasteiger partial charge in [0, 0.05) is 17.0 Å². The molecule has 1 aliphatic rings. The molecule has 0 saturated carbocycles. The standard InChI is InChI=1S/C15H12ClNO6S2/c16-8-1-3-10(18)7(5-8)6-11-13(21)17(15(24)25-11)9(14(22)23)2-4-12(19)20/h1,3,5-6,9,18H,2,4H2,(H,19,20)(H,22,23)/b11-6-. The number of benzene rings is 1. The average Bonchev–Trinajstić information content (AvgIpc) is 2.78. The number of carbonyl (C=O) groups excluding carboxylic acids is 1. The van der Waals surface area contributed by atoms with E-state index in [9.17, 15) is 24.6 Å². The van der Waals surface area contributed by atoms with Crippen LogP contribution in [0.2, 0.25) is 5.02 Å². The van der Waals surface area contributed by atoms with Crippen LogP contribution < -0.4 is 0 Å². The summed E-state index contributed by atoms with van der Waals surface area (Å²) >= 11 is 11.8. The molecule has 7 nitrogen and oxygen atoms in total. The van der Waals surface area contributed by atoms with Crippen molar-refractivity contribution in [3.63, 3.8) is 0 Å². The fraction of sp³-hybridized carbons (Fsp3) is 0.200. The van der Waals surface area contributed by atoms with Crippen LogP contribution in [0.5, 0.6) is 5.75 Å². The Balaban J connectivity index is 2.32. The number of phenols is 1. The van der Waals surface area contributed by atoms with Gasteiger partial charge in [-0.1, -0.05) is 35.6 Å². The number of aromatic hydroxyl groups is 1. The summed E-state index contributed by atoms with van der Waals surface area (Å²) in [6.07, 6.45) is 0.672. The van der Waals surface area contributed by atoms with E-state index in [1.165, 1.54) is 24.3 Å². The first-order valence-corrected chi connectivity index (χ1v) is 8.51. The molecule has 1 aromatic carbocycles. The van der Waals surface area contributed by atoms with Gasteiger partial charge in [-0.2, -0.15) is 0 Å². The number of carboxylic acid groups (broad SMARTS) is 2. The summed E-state index contributed by atoms with van der Waals surface area (Å²) in [5.41, 5.74) is 0.283. The van der Waals surface area contributed by atoms with E-state index in [2.05, 4.69) is 0 Å². The van der Waals surface area contributed by atoms with Gasteiger partial charge in [-0.25, -0.2) is 4.79 Å². The van der Waals surface area contributed by atoms with E-state index in [1.54, 1.807) is 0 Å². The maximum atomic E-state index is 12.5. The van der Waals surface area contributed by atoms with Crippen molar-refractivity contribution in [2.45, 2.75) is 18.9 Å². The molecule has 1 aliphatic heterocycles. The van der Waals surface area contributed by atoms with Crippen molar-refractivity contribution in [1.82, 2.24) is 4.90 Å². The van der Waals surface area contributed by atoms with E-state index in [0.717, 1.165) is 16.7 Å². The van der Waals surface area contributed by atoms with Crippen LogP contribution in [0.15, 0.2) is 23.1 Å². The normalized spacial score (nSPS) is 17.2. The molecule has 1 aromatic rings. The van der Waals surface area contributed by atoms with Gasteiger partial charge in [0.25, 0.3) is 5.91 Å². The lowest BCUT2D eigenvalue weighted by Crippen LogP contribution is -2.44. The van der Waals surface area contributed by atoms with Crippen molar-refractivity contribution in [2.24, 2.45) is 0 Å². The molecule has 25 heavy (non-hydrogen) atoms. The highest BCUT2D eigenvalue weighted by Crippen LogP contribution is 2.36. The third-order valence-corrected chi connectivity index (χ3v) is 4.89. The molecule has 0 bridgehead atoms. The summed E-state index contributed by atoms with van der Waals surface area (Å²) in [6, 6.07) is 2.92. The first kappa shape index (κ1) is 19.2. The quantitative estimate of drug-likeness (QED) is 0.492. The second kappa shape index (κ2) is 7.85. The van der Waals surface area contributed by atoms with Crippen LogP contribution in [0, 0.1) is 0 Å². The highest BCUT2D eigenvalue weighted by molar-refractivity contribution is 8.26. The van der Waals surface area contributed by atoms with E-state index in [-0.39, 0.29) is 27.0 Å². The maximum Gasteiger partial charge on any atom is 0.326 e. The van der Waals surface area contributed by atoms with Gasteiger partial charge in [0.1, 0.15) is 16.1 Å². The summed E-state index contributed by atoms with van der Waals surface area (Å²) in [4.78, 5) is 35.6. The average molecular weight is 402 g/mol. The lowest BCUT2D eigenvalue weighted by atomic mass is 10.1. The zero-order chi connectivity index (χ0) is 18.7. The van der Waals surface area contributed by atoms with Crippen molar-refractivity contribution in [2.75, 3.05) is 0 Å². The van der Waals surface area contributed by atoms with Crippen LogP contribution >= 0.6 is 35.6 Å². The van der Waals surface area contributed by atoms with Crippen LogP contribution in [0.1, 0.15) is 18.4 Å². The van der Waals surface area contributed by atoms with Gasteiger partial charge in [-0.3, -0.25) is 14.5 Å². The topological polar surface area (TPSA) is 115 Å². The summed E-state index contributed by atoms with van der Waals surface area (Å²) < 4.78 is 0.00977. The molecule has 132 valence electrons. The van der Waals surface area contributed by atoms with Crippen LogP contribution in [0.3, 0.4) is 0 Å². The smallest absolute Gasteiger partial charge is 0.326 e. The largest absolute Gasteiger partial charge is 0.507 e. The third-order valence-electron chi connectivity index (χ3n) is 3.33. The Morgan fingerprint density at radius 2 is 2.04 bits per heavy atom. The Kier molecular flexibility index (Phi) is 6.04. The number of aliphatic carboxylic acids is 2. The number of carbonyl (C=O) groups is 3. The number of hydrogen-bond donors (Lipinski definition) is 3. The van der Waals surface area contributed by atoms with Gasteiger partial charge >= 0.3 is 11.9 Å². The Morgan fingerprint density at radius 3 is 2.64 bits per heavy atom. The second-order valence-electron chi connectivity index (χ2n) is 5.04. The van der Waals surface area contributed by atoms with Crippen LogP contribution in [-0.2, 0) is 14.4 Å². The number of rotatable bonds is 6. The molecule has 1 atom stereocenters. The Hall–Kier alpha value is -2.10. The summed E-state index contributed by atoms with van der Waals surface area (Å²) in [5.74, 6) is -3.28. The molecule has 1 heterocycles. The SMILES string of the molecule is O=C(O)CCC(C(=O)O)N1C(=O)/C(=C/c2cc(Cl)ccc2O)SC1=S. The summed E-state index contributed by atoms with van der Waals surface area (Å²) in [5, 5.41) is 28.2. The van der Waals surface area contributed by atoms with Crippen molar-refractivity contribution >= 4 is 63.8 Å². The molecule has 1 unspecified atom stereocenters. The minimum Gasteiger partial charge on any atom is -0.507 e. The molecule has 0 radical (unpaired) electrons. The zero-order valence-corrected chi connectivity index (χ0v) is 14.9. The van der Waals surface area contributed by atoms with Gasteiger partial charge in [0.05, 0.1) is 4.91 Å². The fourth-order valence-corrected chi connectivity index (χ4v) is 3.68. The molecule has 1 saturated heterocycles. The van der Waals surface area contributed by atoms with Gasteiger partial charge in [0.2, 0.25) is 0 Å². The maximum absolute atomic E-state index is 12.5. The van der Waals surface area contributed by atoms with Crippen molar-refractivity contribution in [1.29, 1.82) is 0 Å². The van der Waals surface area contributed by atoms with E-state index < -0.39 is 30.3 Å². The van der Waals surface area contributed by atoms with E-state index in [4.69, 9.17) is 28.9 Å². The molecule has 3 N–H and O–H groups in total. The first-order valence-electron chi connectivity index (χ1n) is 6.91. The minimum absolute atomic E-state index is 0.00977. The number of amides is 1. The van der Waals surface area contributed by atoms with Crippen molar-refractivity contribution in [3.8, 4) is 5.75 Å². The molecular formula is C15H12ClNO6S2. The van der Waals surface area contributed by atoms with Gasteiger partial charge in [-0.15, -0.1) is 0 Å². The molecule has 0 spiro atoms. The summed E-state index contributed by atoms with van der Waals surface area (Å²) in [6.45, 7) is 0. The predicted molar refractivity (Wildman–Crippen MR) is 96.4 cm³/mol. The van der Waals surface area contributed by atoms with E-state index in [1.807, 2.05) is 0 Å². The highest BCUT2D eigenvalue weighted by Gasteiger charge is 2.40. The fourth-order valence-electron chi connectivity index (χ4n) is 2.15. The Bertz CT molecular complexity index is 794. The number of nitrogens with zero attached hydrogens (tertiary/aromatic N) is 1. The van der Waals surface area contributed by atoms with Gasteiger partial charge in [-0.05, 0) is 30.7 Å². The Labute approximate surface area is 156 Å². The lowest BCUT2D eigenvalue weighted by Gasteiger charge is -2.22. The minimum atomic E-state index is -1.37. The van der Waals surface area contributed by atoms with Crippen LogP contribution in [0.25, 0.3) is 6.08 Å². The predicted octanol–water partition coefficient (Wildman–Crippen LogP) is 2.56. The second-order valence-corrected chi connectivity index (χ2v) is 7.15. The number of thioether (sulfide) groups is 1. The molecule has 2 rings (SSSR count). The number of phenolic OH excluding ortho intramolecular Hbond substituents is 1.